The van der Waals surface area contributed by atoms with Crippen LogP contribution in [0.25, 0.3) is 6.08 Å². The Kier molecular flexibility index (Phi) is 3.68. The van der Waals surface area contributed by atoms with Gasteiger partial charge in [-0.15, -0.1) is 0 Å². The van der Waals surface area contributed by atoms with E-state index in [-0.39, 0.29) is 5.78 Å². The van der Waals surface area contributed by atoms with Crippen LogP contribution >= 0.6 is 11.6 Å². The van der Waals surface area contributed by atoms with E-state index in [1.54, 1.807) is 48.8 Å². The Bertz CT molecular complexity index is 532. The molecule has 1 heterocycles. The van der Waals surface area contributed by atoms with Crippen LogP contribution in [0.3, 0.4) is 0 Å². The molecule has 1 aromatic carbocycles. The van der Waals surface area contributed by atoms with E-state index in [2.05, 4.69) is 4.98 Å². The summed E-state index contributed by atoms with van der Waals surface area (Å²) in [6, 6.07) is 10.5. The van der Waals surface area contributed by atoms with Gasteiger partial charge in [-0.05, 0) is 48.0 Å². The average molecular weight is 244 g/mol. The van der Waals surface area contributed by atoms with Crippen molar-refractivity contribution in [2.45, 2.75) is 0 Å². The average Bonchev–Trinajstić information content (AvgIpc) is 2.38. The van der Waals surface area contributed by atoms with Gasteiger partial charge < -0.3 is 0 Å². The first-order valence-electron chi connectivity index (χ1n) is 5.14. The number of aromatic nitrogens is 1. The van der Waals surface area contributed by atoms with Gasteiger partial charge in [-0.3, -0.25) is 9.78 Å². The Morgan fingerprint density at radius 1 is 1.06 bits per heavy atom. The van der Waals surface area contributed by atoms with Crippen LogP contribution in [0.4, 0.5) is 0 Å². The standard InChI is InChI=1S/C14H10ClNO/c15-13-4-2-12(3-5-13)14(17)6-1-11-7-9-16-10-8-11/h1-10H/b6-1+. The van der Waals surface area contributed by atoms with Crippen LogP contribution in [-0.4, -0.2) is 10.8 Å². The first kappa shape index (κ1) is 11.6. The number of nitrogens with zero attached hydrogens (tertiary/aromatic N) is 1. The fourth-order valence-corrected chi connectivity index (χ4v) is 1.48. The Hall–Kier alpha value is -1.93. The SMILES string of the molecule is O=C(/C=C/c1ccncc1)c1ccc(Cl)cc1. The van der Waals surface area contributed by atoms with Crippen LogP contribution < -0.4 is 0 Å². The minimum atomic E-state index is -0.0431. The molecule has 0 amide bonds. The van der Waals surface area contributed by atoms with E-state index in [0.29, 0.717) is 10.6 Å². The van der Waals surface area contributed by atoms with E-state index in [1.807, 2.05) is 12.1 Å². The second-order valence-electron chi connectivity index (χ2n) is 3.49. The third-order valence-electron chi connectivity index (χ3n) is 2.26. The molecule has 0 atom stereocenters. The van der Waals surface area contributed by atoms with Gasteiger partial charge in [-0.25, -0.2) is 0 Å². The Balaban J connectivity index is 2.12. The molecule has 2 nitrogen and oxygen atoms in total. The highest BCUT2D eigenvalue weighted by atomic mass is 35.5. The third kappa shape index (κ3) is 3.26. The molecule has 0 aliphatic carbocycles. The van der Waals surface area contributed by atoms with Crippen molar-refractivity contribution in [2.24, 2.45) is 0 Å². The molecule has 0 aliphatic heterocycles. The van der Waals surface area contributed by atoms with Crippen LogP contribution in [0.2, 0.25) is 5.02 Å². The highest BCUT2D eigenvalue weighted by molar-refractivity contribution is 6.30. The van der Waals surface area contributed by atoms with Crippen molar-refractivity contribution in [2.75, 3.05) is 0 Å². The summed E-state index contributed by atoms with van der Waals surface area (Å²) in [5, 5.41) is 0.625. The number of rotatable bonds is 3. The second kappa shape index (κ2) is 5.41. The number of ketones is 1. The van der Waals surface area contributed by atoms with Crippen LogP contribution in [0, 0.1) is 0 Å². The maximum atomic E-state index is 11.8. The van der Waals surface area contributed by atoms with Gasteiger partial charge in [0, 0.05) is 23.0 Å². The van der Waals surface area contributed by atoms with E-state index in [9.17, 15) is 4.79 Å². The molecule has 2 rings (SSSR count). The van der Waals surface area contributed by atoms with Crippen LogP contribution in [0.5, 0.6) is 0 Å². The van der Waals surface area contributed by atoms with E-state index in [0.717, 1.165) is 5.56 Å². The van der Waals surface area contributed by atoms with Crippen LogP contribution in [-0.2, 0) is 0 Å². The van der Waals surface area contributed by atoms with Crippen LogP contribution in [0.1, 0.15) is 15.9 Å². The molecule has 0 N–H and O–H groups in total. The lowest BCUT2D eigenvalue weighted by Crippen LogP contribution is -1.92. The van der Waals surface area contributed by atoms with Gasteiger partial charge in [-0.2, -0.15) is 0 Å². The molecule has 0 saturated heterocycles. The van der Waals surface area contributed by atoms with Crippen molar-refractivity contribution in [3.05, 3.63) is 71.0 Å². The number of halogens is 1. The fraction of sp³-hybridized carbons (Fsp3) is 0. The molecule has 2 aromatic rings. The van der Waals surface area contributed by atoms with Crippen molar-refractivity contribution in [1.29, 1.82) is 0 Å². The summed E-state index contributed by atoms with van der Waals surface area (Å²) in [5.74, 6) is -0.0431. The fourth-order valence-electron chi connectivity index (χ4n) is 1.36. The van der Waals surface area contributed by atoms with Crippen molar-refractivity contribution in [3.8, 4) is 0 Å². The molecule has 0 radical (unpaired) electrons. The predicted molar refractivity (Wildman–Crippen MR) is 69.1 cm³/mol. The maximum absolute atomic E-state index is 11.8. The van der Waals surface area contributed by atoms with E-state index in [1.165, 1.54) is 0 Å². The summed E-state index contributed by atoms with van der Waals surface area (Å²) >= 11 is 5.75. The summed E-state index contributed by atoms with van der Waals surface area (Å²) in [7, 11) is 0. The molecule has 0 saturated carbocycles. The zero-order chi connectivity index (χ0) is 12.1. The highest BCUT2D eigenvalue weighted by Gasteiger charge is 2.00. The topological polar surface area (TPSA) is 30.0 Å². The monoisotopic (exact) mass is 243 g/mol. The lowest BCUT2D eigenvalue weighted by atomic mass is 10.1. The Morgan fingerprint density at radius 3 is 2.35 bits per heavy atom. The number of allylic oxidation sites excluding steroid dienone is 1. The van der Waals surface area contributed by atoms with Crippen LogP contribution in [0.15, 0.2) is 54.9 Å². The normalized spacial score (nSPS) is 10.6. The number of hydrogen-bond acceptors (Lipinski definition) is 2. The Morgan fingerprint density at radius 2 is 1.71 bits per heavy atom. The largest absolute Gasteiger partial charge is 0.289 e. The quantitative estimate of drug-likeness (QED) is 0.609. The number of hydrogen-bond donors (Lipinski definition) is 0. The Labute approximate surface area is 105 Å². The zero-order valence-electron chi connectivity index (χ0n) is 9.01. The summed E-state index contributed by atoms with van der Waals surface area (Å²) < 4.78 is 0. The van der Waals surface area contributed by atoms with Gasteiger partial charge in [0.2, 0.25) is 0 Å². The van der Waals surface area contributed by atoms with Crippen molar-refractivity contribution in [1.82, 2.24) is 4.98 Å². The molecule has 0 unspecified atom stereocenters. The number of pyridine rings is 1. The molecule has 0 spiro atoms. The first-order valence-corrected chi connectivity index (χ1v) is 5.51. The lowest BCUT2D eigenvalue weighted by molar-refractivity contribution is 0.104. The van der Waals surface area contributed by atoms with Crippen molar-refractivity contribution >= 4 is 23.5 Å². The molecule has 84 valence electrons. The van der Waals surface area contributed by atoms with Gasteiger partial charge in [0.15, 0.2) is 5.78 Å². The highest BCUT2D eigenvalue weighted by Crippen LogP contribution is 2.11. The lowest BCUT2D eigenvalue weighted by Gasteiger charge is -1.95. The second-order valence-corrected chi connectivity index (χ2v) is 3.92. The van der Waals surface area contributed by atoms with E-state index >= 15 is 0 Å². The minimum Gasteiger partial charge on any atom is -0.289 e. The number of carbonyl (C=O) groups is 1. The van der Waals surface area contributed by atoms with Gasteiger partial charge in [0.05, 0.1) is 0 Å². The summed E-state index contributed by atoms with van der Waals surface area (Å²) in [5.41, 5.74) is 1.57. The molecular weight excluding hydrogens is 234 g/mol. The summed E-state index contributed by atoms with van der Waals surface area (Å²) in [6.07, 6.45) is 6.68. The molecule has 0 aliphatic rings. The minimum absolute atomic E-state index is 0.0431. The molecule has 0 bridgehead atoms. The predicted octanol–water partition coefficient (Wildman–Crippen LogP) is 3.63. The van der Waals surface area contributed by atoms with Crippen molar-refractivity contribution < 1.29 is 4.79 Å². The number of benzene rings is 1. The third-order valence-corrected chi connectivity index (χ3v) is 2.51. The van der Waals surface area contributed by atoms with Gasteiger partial charge >= 0.3 is 0 Å². The first-order chi connectivity index (χ1) is 8.25. The van der Waals surface area contributed by atoms with Crippen molar-refractivity contribution in [3.63, 3.8) is 0 Å². The zero-order valence-corrected chi connectivity index (χ0v) is 9.76. The molecule has 1 aromatic heterocycles. The smallest absolute Gasteiger partial charge is 0.185 e. The molecule has 17 heavy (non-hydrogen) atoms. The molecule has 0 fully saturated rings. The van der Waals surface area contributed by atoms with E-state index in [4.69, 9.17) is 11.6 Å². The van der Waals surface area contributed by atoms with E-state index < -0.39 is 0 Å². The number of carbonyl (C=O) groups excluding carboxylic acids is 1. The molecular formula is C14H10ClNO. The maximum Gasteiger partial charge on any atom is 0.185 e. The van der Waals surface area contributed by atoms with Gasteiger partial charge in [-0.1, -0.05) is 17.7 Å². The molecule has 3 heteroatoms. The van der Waals surface area contributed by atoms with Gasteiger partial charge in [0.25, 0.3) is 0 Å². The van der Waals surface area contributed by atoms with Gasteiger partial charge in [0.1, 0.15) is 0 Å². The summed E-state index contributed by atoms with van der Waals surface area (Å²) in [4.78, 5) is 15.7. The summed E-state index contributed by atoms with van der Waals surface area (Å²) in [6.45, 7) is 0.